The van der Waals surface area contributed by atoms with Gasteiger partial charge in [0.15, 0.2) is 0 Å². The molecule has 1 aliphatic heterocycles. The van der Waals surface area contributed by atoms with E-state index in [1.807, 2.05) is 18.2 Å². The van der Waals surface area contributed by atoms with Crippen LogP contribution in [-0.4, -0.2) is 36.3 Å². The number of hydrogen-bond donors (Lipinski definition) is 4. The van der Waals surface area contributed by atoms with Gasteiger partial charge in [0.05, 0.1) is 7.11 Å². The average molecular weight is 329 g/mol. The van der Waals surface area contributed by atoms with Crippen molar-refractivity contribution in [2.75, 3.05) is 13.7 Å². The molecule has 0 aliphatic carbocycles. The van der Waals surface area contributed by atoms with Crippen molar-refractivity contribution in [2.45, 2.75) is 19.3 Å². The van der Waals surface area contributed by atoms with E-state index in [2.05, 4.69) is 20.8 Å². The van der Waals surface area contributed by atoms with Crippen LogP contribution in [0.4, 0.5) is 0 Å². The molecule has 8 heteroatoms. The lowest BCUT2D eigenvalue weighted by Gasteiger charge is -2.10. The number of ether oxygens (including phenoxy) is 1. The molecule has 2 aromatic rings. The lowest BCUT2D eigenvalue weighted by molar-refractivity contribution is -0.120. The summed E-state index contributed by atoms with van der Waals surface area (Å²) in [7, 11) is 1.60. The molecule has 1 aromatic heterocycles. The van der Waals surface area contributed by atoms with Crippen LogP contribution in [-0.2, 0) is 16.0 Å². The minimum Gasteiger partial charge on any atom is -0.497 e. The Bertz CT molecular complexity index is 840. The number of nitrogens with two attached hydrogens (primary N) is 1. The normalized spacial score (nSPS) is 16.8. The van der Waals surface area contributed by atoms with Crippen molar-refractivity contribution in [2.24, 2.45) is 10.8 Å². The molecule has 8 nitrogen and oxygen atoms in total. The second-order valence-corrected chi connectivity index (χ2v) is 5.61. The van der Waals surface area contributed by atoms with Crippen LogP contribution in [0.1, 0.15) is 24.1 Å². The van der Waals surface area contributed by atoms with Crippen molar-refractivity contribution in [3.8, 4) is 5.75 Å². The maximum absolute atomic E-state index is 12.1. The zero-order valence-electron chi connectivity index (χ0n) is 13.5. The van der Waals surface area contributed by atoms with E-state index in [4.69, 9.17) is 10.5 Å². The smallest absolute Gasteiger partial charge is 0.256 e. The fourth-order valence-corrected chi connectivity index (χ4v) is 2.92. The quantitative estimate of drug-likeness (QED) is 0.632. The third kappa shape index (κ3) is 2.78. The highest BCUT2D eigenvalue weighted by molar-refractivity contribution is 6.11. The van der Waals surface area contributed by atoms with Crippen LogP contribution in [0, 0.1) is 0 Å². The summed E-state index contributed by atoms with van der Waals surface area (Å²) < 4.78 is 5.29. The summed E-state index contributed by atoms with van der Waals surface area (Å²) in [5.41, 5.74) is 10.8. The Hall–Kier alpha value is -3.03. The Balaban J connectivity index is 2.07. The van der Waals surface area contributed by atoms with E-state index in [-0.39, 0.29) is 17.6 Å². The van der Waals surface area contributed by atoms with Gasteiger partial charge in [0.1, 0.15) is 17.5 Å². The number of benzene rings is 1. The zero-order chi connectivity index (χ0) is 17.3. The Morgan fingerprint density at radius 3 is 2.88 bits per heavy atom. The third-order valence-electron chi connectivity index (χ3n) is 4.04. The average Bonchev–Trinajstić information content (AvgIpc) is 3.06. The molecule has 0 fully saturated rings. The topological polar surface area (TPSA) is 122 Å². The highest BCUT2D eigenvalue weighted by atomic mass is 16.5. The molecule has 0 spiro atoms. The third-order valence-corrected chi connectivity index (χ3v) is 4.04. The maximum Gasteiger partial charge on any atom is 0.256 e. The standard InChI is InChI=1S/C16H19N5O3/c1-8(22)18-6-5-10-11-7-9(24-2)3-4-12(11)19-14(10)13-15(17)20-21-16(13)23/h3-4,7,13,19H,5-6H2,1-2H3,(H2,17,20)(H,18,22)(H,21,23). The van der Waals surface area contributed by atoms with Crippen LogP contribution < -0.4 is 21.2 Å². The number of hydrogen-bond acceptors (Lipinski definition) is 5. The van der Waals surface area contributed by atoms with Crippen molar-refractivity contribution >= 4 is 28.6 Å². The van der Waals surface area contributed by atoms with Gasteiger partial charge in [-0.1, -0.05) is 0 Å². The first kappa shape index (κ1) is 15.9. The van der Waals surface area contributed by atoms with Gasteiger partial charge in [0.2, 0.25) is 5.91 Å². The molecule has 1 atom stereocenters. The van der Waals surface area contributed by atoms with Crippen molar-refractivity contribution in [3.63, 3.8) is 0 Å². The first-order chi connectivity index (χ1) is 11.5. The molecular formula is C16H19N5O3. The van der Waals surface area contributed by atoms with Gasteiger partial charge in [0.25, 0.3) is 5.91 Å². The van der Waals surface area contributed by atoms with E-state index < -0.39 is 5.92 Å². The highest BCUT2D eigenvalue weighted by Crippen LogP contribution is 2.32. The second-order valence-electron chi connectivity index (χ2n) is 5.61. The van der Waals surface area contributed by atoms with Crippen LogP contribution in [0.3, 0.4) is 0 Å². The SMILES string of the molecule is COc1ccc2[nH]c(C3C(=O)NN=C3N)c(CCNC(C)=O)c2c1. The van der Waals surface area contributed by atoms with Crippen molar-refractivity contribution in [1.29, 1.82) is 0 Å². The molecule has 0 saturated carbocycles. The zero-order valence-corrected chi connectivity index (χ0v) is 13.5. The minimum absolute atomic E-state index is 0.103. The number of fused-ring (bicyclic) bond motifs is 1. The lowest BCUT2D eigenvalue weighted by Crippen LogP contribution is -2.27. The summed E-state index contributed by atoms with van der Waals surface area (Å²) in [6, 6.07) is 5.63. The van der Waals surface area contributed by atoms with Crippen molar-refractivity contribution in [1.82, 2.24) is 15.7 Å². The first-order valence-electron chi connectivity index (χ1n) is 7.57. The lowest BCUT2D eigenvalue weighted by atomic mass is 9.97. The monoisotopic (exact) mass is 329 g/mol. The summed E-state index contributed by atoms with van der Waals surface area (Å²) in [5, 5.41) is 7.51. The number of aromatic amines is 1. The van der Waals surface area contributed by atoms with Crippen molar-refractivity contribution in [3.05, 3.63) is 29.5 Å². The number of carbonyl (C=O) groups excluding carboxylic acids is 2. The Kier molecular flexibility index (Phi) is 4.11. The number of amides is 2. The predicted molar refractivity (Wildman–Crippen MR) is 89.7 cm³/mol. The Morgan fingerprint density at radius 1 is 1.46 bits per heavy atom. The van der Waals surface area contributed by atoms with Crippen LogP contribution >= 0.6 is 0 Å². The summed E-state index contributed by atoms with van der Waals surface area (Å²) in [6.07, 6.45) is 0.555. The number of aromatic nitrogens is 1. The van der Waals surface area contributed by atoms with E-state index in [1.54, 1.807) is 7.11 Å². The fourth-order valence-electron chi connectivity index (χ4n) is 2.92. The van der Waals surface area contributed by atoms with Gasteiger partial charge in [-0.05, 0) is 30.2 Å². The Labute approximate surface area is 138 Å². The van der Waals surface area contributed by atoms with Crippen LogP contribution in [0.25, 0.3) is 10.9 Å². The molecule has 2 amide bonds. The molecule has 3 rings (SSSR count). The van der Waals surface area contributed by atoms with Crippen LogP contribution in [0.2, 0.25) is 0 Å². The number of methoxy groups -OCH3 is 1. The molecule has 5 N–H and O–H groups in total. The van der Waals surface area contributed by atoms with Crippen LogP contribution in [0.15, 0.2) is 23.3 Å². The van der Waals surface area contributed by atoms with Gasteiger partial charge >= 0.3 is 0 Å². The first-order valence-corrected chi connectivity index (χ1v) is 7.57. The molecule has 1 unspecified atom stereocenters. The number of nitrogens with zero attached hydrogens (tertiary/aromatic N) is 1. The summed E-state index contributed by atoms with van der Waals surface area (Å²) in [4.78, 5) is 26.5. The number of rotatable bonds is 5. The molecular weight excluding hydrogens is 310 g/mol. The Morgan fingerprint density at radius 2 is 2.25 bits per heavy atom. The predicted octanol–water partition coefficient (Wildman–Crippen LogP) is 0.341. The molecule has 1 aliphatic rings. The summed E-state index contributed by atoms with van der Waals surface area (Å²) in [6.45, 7) is 1.92. The molecule has 0 radical (unpaired) electrons. The molecule has 0 saturated heterocycles. The van der Waals surface area contributed by atoms with Crippen molar-refractivity contribution < 1.29 is 14.3 Å². The molecule has 0 bridgehead atoms. The second kappa shape index (κ2) is 6.23. The number of hydrazone groups is 1. The summed E-state index contributed by atoms with van der Waals surface area (Å²) in [5.74, 6) is -0.0955. The summed E-state index contributed by atoms with van der Waals surface area (Å²) >= 11 is 0. The number of H-pyrrole nitrogens is 1. The molecule has 24 heavy (non-hydrogen) atoms. The molecule has 1 aromatic carbocycles. The van der Waals surface area contributed by atoms with Gasteiger partial charge < -0.3 is 20.8 Å². The van der Waals surface area contributed by atoms with E-state index in [0.29, 0.717) is 24.4 Å². The number of amidine groups is 1. The largest absolute Gasteiger partial charge is 0.497 e. The fraction of sp³-hybridized carbons (Fsp3) is 0.312. The van der Waals surface area contributed by atoms with Crippen LogP contribution in [0.5, 0.6) is 5.75 Å². The van der Waals surface area contributed by atoms with Gasteiger partial charge in [0, 0.05) is 30.1 Å². The van der Waals surface area contributed by atoms with E-state index in [9.17, 15) is 9.59 Å². The van der Waals surface area contributed by atoms with Gasteiger partial charge in [-0.3, -0.25) is 9.59 Å². The maximum atomic E-state index is 12.1. The number of carbonyl (C=O) groups is 2. The number of nitrogens with one attached hydrogen (secondary N) is 3. The minimum atomic E-state index is -0.657. The highest BCUT2D eigenvalue weighted by Gasteiger charge is 2.33. The van der Waals surface area contributed by atoms with Gasteiger partial charge in [-0.2, -0.15) is 5.10 Å². The molecule has 2 heterocycles. The molecule has 126 valence electrons. The van der Waals surface area contributed by atoms with Gasteiger partial charge in [-0.15, -0.1) is 0 Å². The van der Waals surface area contributed by atoms with Gasteiger partial charge in [-0.25, -0.2) is 5.43 Å². The van der Waals surface area contributed by atoms with E-state index >= 15 is 0 Å². The van der Waals surface area contributed by atoms with E-state index in [0.717, 1.165) is 16.5 Å². The van der Waals surface area contributed by atoms with E-state index in [1.165, 1.54) is 6.92 Å².